The summed E-state index contributed by atoms with van der Waals surface area (Å²) < 4.78 is 0. The topological polar surface area (TPSA) is 79.8 Å². The molecule has 0 radical (unpaired) electrons. The maximum Gasteiger partial charge on any atom is 0.0911 e. The van der Waals surface area contributed by atoms with Crippen molar-refractivity contribution in [3.05, 3.63) is 84.5 Å². The minimum atomic E-state index is 0.881. The van der Waals surface area contributed by atoms with Gasteiger partial charge in [-0.05, 0) is 60.9 Å². The van der Waals surface area contributed by atoms with Gasteiger partial charge in [0.25, 0.3) is 0 Å². The standard InChI is InChI=1S/C32H28N6/c33-11-4-23-7-14-37(15-8-23)30-3-1-2-26-20-36-22-29(32(26)30)27-18-25-6-13-35-21-28(25)31(19-27)38-16-9-24(5-12-34)10-17-38/h1-6,13,18-22H,7-10,14-17H2. The first-order chi connectivity index (χ1) is 18.7. The summed E-state index contributed by atoms with van der Waals surface area (Å²) in [6.45, 7) is 3.56. The summed E-state index contributed by atoms with van der Waals surface area (Å²) in [7, 11) is 0. The predicted molar refractivity (Wildman–Crippen MR) is 153 cm³/mol. The van der Waals surface area contributed by atoms with Crippen molar-refractivity contribution in [2.75, 3.05) is 36.0 Å². The Morgan fingerprint density at radius 3 is 2.08 bits per heavy atom. The molecule has 4 heterocycles. The number of piperidine rings is 2. The highest BCUT2D eigenvalue weighted by Crippen LogP contribution is 2.40. The number of pyridine rings is 2. The lowest BCUT2D eigenvalue weighted by Crippen LogP contribution is -2.31. The van der Waals surface area contributed by atoms with Crippen molar-refractivity contribution in [3.63, 3.8) is 0 Å². The van der Waals surface area contributed by atoms with Crippen molar-refractivity contribution < 1.29 is 0 Å². The molecule has 0 atom stereocenters. The van der Waals surface area contributed by atoms with Crippen LogP contribution in [0, 0.1) is 22.7 Å². The van der Waals surface area contributed by atoms with E-state index >= 15 is 0 Å². The maximum absolute atomic E-state index is 9.07. The summed E-state index contributed by atoms with van der Waals surface area (Å²) in [4.78, 5) is 13.9. The van der Waals surface area contributed by atoms with Crippen molar-refractivity contribution in [3.8, 4) is 23.3 Å². The van der Waals surface area contributed by atoms with E-state index in [2.05, 4.69) is 68.3 Å². The molecule has 2 aromatic heterocycles. The number of aromatic nitrogens is 2. The second kappa shape index (κ2) is 10.4. The van der Waals surface area contributed by atoms with Gasteiger partial charge in [0.2, 0.25) is 0 Å². The average Bonchev–Trinajstić information content (AvgIpc) is 2.97. The summed E-state index contributed by atoms with van der Waals surface area (Å²) in [5.74, 6) is 0. The summed E-state index contributed by atoms with van der Waals surface area (Å²) in [5, 5.41) is 22.8. The van der Waals surface area contributed by atoms with Crippen LogP contribution in [0.15, 0.2) is 84.5 Å². The molecular formula is C32H28N6. The molecule has 0 bridgehead atoms. The van der Waals surface area contributed by atoms with Crippen LogP contribution in [0.4, 0.5) is 11.4 Å². The fraction of sp³-hybridized carbons (Fsp3) is 0.250. The molecule has 186 valence electrons. The van der Waals surface area contributed by atoms with E-state index in [1.54, 1.807) is 12.2 Å². The number of rotatable bonds is 3. The van der Waals surface area contributed by atoms with Crippen molar-refractivity contribution in [1.29, 1.82) is 10.5 Å². The first-order valence-electron chi connectivity index (χ1n) is 13.1. The molecule has 6 nitrogen and oxygen atoms in total. The monoisotopic (exact) mass is 496 g/mol. The highest BCUT2D eigenvalue weighted by atomic mass is 15.1. The molecule has 2 saturated heterocycles. The molecule has 0 N–H and O–H groups in total. The molecule has 2 aliphatic rings. The van der Waals surface area contributed by atoms with Gasteiger partial charge in [-0.1, -0.05) is 23.3 Å². The summed E-state index contributed by atoms with van der Waals surface area (Å²) in [5.41, 5.74) is 7.12. The van der Waals surface area contributed by atoms with Gasteiger partial charge in [-0.3, -0.25) is 9.97 Å². The molecule has 0 spiro atoms. The van der Waals surface area contributed by atoms with Crippen LogP contribution in [-0.2, 0) is 0 Å². The quantitative estimate of drug-likeness (QED) is 0.299. The zero-order valence-electron chi connectivity index (χ0n) is 21.3. The van der Waals surface area contributed by atoms with Crippen molar-refractivity contribution in [2.45, 2.75) is 25.7 Å². The molecule has 6 heteroatoms. The van der Waals surface area contributed by atoms with E-state index in [1.165, 1.54) is 27.9 Å². The molecule has 6 rings (SSSR count). The van der Waals surface area contributed by atoms with Crippen LogP contribution in [0.25, 0.3) is 32.7 Å². The Bertz CT molecular complexity index is 1640. The number of allylic oxidation sites excluding steroid dienone is 2. The van der Waals surface area contributed by atoms with Gasteiger partial charge >= 0.3 is 0 Å². The van der Waals surface area contributed by atoms with Crippen LogP contribution < -0.4 is 9.80 Å². The van der Waals surface area contributed by atoms with E-state index < -0.39 is 0 Å². The molecule has 2 aliphatic heterocycles. The lowest BCUT2D eigenvalue weighted by molar-refractivity contribution is 0.687. The molecule has 38 heavy (non-hydrogen) atoms. The number of fused-ring (bicyclic) bond motifs is 2. The normalized spacial score (nSPS) is 15.8. The Balaban J connectivity index is 1.46. The number of benzene rings is 2. The van der Waals surface area contributed by atoms with Gasteiger partial charge in [0.05, 0.1) is 12.1 Å². The van der Waals surface area contributed by atoms with E-state index in [1.807, 2.05) is 24.8 Å². The lowest BCUT2D eigenvalue weighted by atomic mass is 9.94. The molecule has 0 saturated carbocycles. The zero-order chi connectivity index (χ0) is 25.9. The number of hydrogen-bond donors (Lipinski definition) is 0. The zero-order valence-corrected chi connectivity index (χ0v) is 21.3. The van der Waals surface area contributed by atoms with Gasteiger partial charge in [0, 0.05) is 96.2 Å². The Labute approximate surface area is 222 Å². The number of anilines is 2. The predicted octanol–water partition coefficient (Wildman–Crippen LogP) is 6.55. The van der Waals surface area contributed by atoms with Gasteiger partial charge in [-0.25, -0.2) is 0 Å². The largest absolute Gasteiger partial charge is 0.370 e. The Morgan fingerprint density at radius 2 is 1.39 bits per heavy atom. The molecular weight excluding hydrogens is 468 g/mol. The van der Waals surface area contributed by atoms with E-state index in [-0.39, 0.29) is 0 Å². The van der Waals surface area contributed by atoms with E-state index in [0.717, 1.165) is 79.1 Å². The first-order valence-corrected chi connectivity index (χ1v) is 13.1. The highest BCUT2D eigenvalue weighted by molar-refractivity contribution is 6.07. The summed E-state index contributed by atoms with van der Waals surface area (Å²) >= 11 is 0. The van der Waals surface area contributed by atoms with Gasteiger partial charge in [0.1, 0.15) is 0 Å². The average molecular weight is 497 g/mol. The van der Waals surface area contributed by atoms with Crippen LogP contribution in [0.2, 0.25) is 0 Å². The van der Waals surface area contributed by atoms with Crippen molar-refractivity contribution >= 4 is 32.9 Å². The van der Waals surface area contributed by atoms with E-state index in [4.69, 9.17) is 10.5 Å². The fourth-order valence-corrected chi connectivity index (χ4v) is 5.83. The number of hydrogen-bond acceptors (Lipinski definition) is 6. The number of nitrogens with zero attached hydrogens (tertiary/aromatic N) is 6. The van der Waals surface area contributed by atoms with Gasteiger partial charge in [-0.2, -0.15) is 10.5 Å². The third kappa shape index (κ3) is 4.46. The Kier molecular flexibility index (Phi) is 6.46. The van der Waals surface area contributed by atoms with Crippen LogP contribution in [0.3, 0.4) is 0 Å². The third-order valence-electron chi connectivity index (χ3n) is 7.84. The molecule has 4 aromatic rings. The second-order valence-corrected chi connectivity index (χ2v) is 9.99. The van der Waals surface area contributed by atoms with E-state index in [0.29, 0.717) is 0 Å². The maximum atomic E-state index is 9.07. The molecule has 2 fully saturated rings. The number of nitriles is 2. The molecule has 2 aromatic carbocycles. The summed E-state index contributed by atoms with van der Waals surface area (Å²) in [6.07, 6.45) is 14.8. The Hall–Kier alpha value is -4.68. The molecule has 0 aliphatic carbocycles. The SMILES string of the molecule is N#CC=C1CCN(c2cc(-c3cncc4cccc(N5CCC(=CC#N)CC5)c34)cc3ccncc23)CC1. The van der Waals surface area contributed by atoms with Crippen molar-refractivity contribution in [2.24, 2.45) is 0 Å². The minimum absolute atomic E-state index is 0.881. The smallest absolute Gasteiger partial charge is 0.0911 e. The summed E-state index contributed by atoms with van der Waals surface area (Å²) in [6, 6.07) is 17.5. The van der Waals surface area contributed by atoms with E-state index in [9.17, 15) is 0 Å². The molecule has 0 amide bonds. The fourth-order valence-electron chi connectivity index (χ4n) is 5.83. The van der Waals surface area contributed by atoms with Gasteiger partial charge in [-0.15, -0.1) is 0 Å². The van der Waals surface area contributed by atoms with Crippen LogP contribution in [-0.4, -0.2) is 36.1 Å². The minimum Gasteiger partial charge on any atom is -0.370 e. The second-order valence-electron chi connectivity index (χ2n) is 9.99. The highest BCUT2D eigenvalue weighted by Gasteiger charge is 2.21. The van der Waals surface area contributed by atoms with Crippen LogP contribution in [0.1, 0.15) is 25.7 Å². The van der Waals surface area contributed by atoms with Crippen LogP contribution >= 0.6 is 0 Å². The first kappa shape index (κ1) is 23.7. The van der Waals surface area contributed by atoms with Gasteiger partial charge < -0.3 is 9.80 Å². The van der Waals surface area contributed by atoms with Crippen molar-refractivity contribution in [1.82, 2.24) is 9.97 Å². The van der Waals surface area contributed by atoms with Crippen LogP contribution in [0.5, 0.6) is 0 Å². The lowest BCUT2D eigenvalue weighted by Gasteiger charge is -2.32. The Morgan fingerprint density at radius 1 is 0.711 bits per heavy atom. The molecule has 0 unspecified atom stereocenters. The van der Waals surface area contributed by atoms with Gasteiger partial charge in [0.15, 0.2) is 0 Å². The third-order valence-corrected chi connectivity index (χ3v) is 7.84.